The van der Waals surface area contributed by atoms with Gasteiger partial charge in [-0.2, -0.15) is 0 Å². The molecule has 5 nitrogen and oxygen atoms in total. The van der Waals surface area contributed by atoms with Crippen LogP contribution in [0.4, 0.5) is 0 Å². The fourth-order valence-corrected chi connectivity index (χ4v) is 3.22. The smallest absolute Gasteiger partial charge is 0.253 e. The first-order valence-corrected chi connectivity index (χ1v) is 8.61. The molecule has 0 saturated heterocycles. The van der Waals surface area contributed by atoms with E-state index < -0.39 is 0 Å². The van der Waals surface area contributed by atoms with Crippen LogP contribution >= 0.6 is 11.6 Å². The first-order chi connectivity index (χ1) is 12.6. The van der Waals surface area contributed by atoms with Gasteiger partial charge in [-0.25, -0.2) is 0 Å². The van der Waals surface area contributed by atoms with Crippen molar-refractivity contribution in [2.45, 2.75) is 13.0 Å². The second-order valence-electron chi connectivity index (χ2n) is 6.17. The normalized spacial score (nSPS) is 11.1. The number of nitrogens with one attached hydrogen (secondary N) is 3. The summed E-state index contributed by atoms with van der Waals surface area (Å²) in [6, 6.07) is 14.9. The molecule has 6 heteroatoms. The van der Waals surface area contributed by atoms with E-state index >= 15 is 0 Å². The minimum atomic E-state index is -0.192. The molecule has 2 aromatic heterocycles. The van der Waals surface area contributed by atoms with Gasteiger partial charge in [0.05, 0.1) is 6.42 Å². The molecule has 0 aliphatic rings. The molecule has 1 amide bonds. The van der Waals surface area contributed by atoms with Crippen LogP contribution in [0.3, 0.4) is 0 Å². The van der Waals surface area contributed by atoms with E-state index in [9.17, 15) is 9.59 Å². The molecule has 0 unspecified atom stereocenters. The topological polar surface area (TPSA) is 77.8 Å². The number of fused-ring (bicyclic) bond motifs is 2. The molecule has 4 aromatic rings. The van der Waals surface area contributed by atoms with E-state index in [-0.39, 0.29) is 24.4 Å². The van der Waals surface area contributed by atoms with Crippen LogP contribution in [0, 0.1) is 0 Å². The standard InChI is InChI=1S/C20H16ClN3O2/c21-15-5-6-18-16(9-15)13(10-22-18)8-19(25)23-11-14-7-12-3-1-2-4-17(12)24-20(14)26/h1-7,9-10,22H,8,11H2,(H,23,25)(H,24,26). The zero-order chi connectivity index (χ0) is 18.1. The summed E-state index contributed by atoms with van der Waals surface area (Å²) in [5, 5.41) is 5.30. The highest BCUT2D eigenvalue weighted by atomic mass is 35.5. The summed E-state index contributed by atoms with van der Waals surface area (Å²) in [7, 11) is 0. The molecular weight excluding hydrogens is 350 g/mol. The predicted octanol–water partition coefficient (Wildman–Crippen LogP) is 3.52. The van der Waals surface area contributed by atoms with Crippen molar-refractivity contribution in [3.8, 4) is 0 Å². The molecule has 4 rings (SSSR count). The van der Waals surface area contributed by atoms with Crippen molar-refractivity contribution in [2.75, 3.05) is 0 Å². The van der Waals surface area contributed by atoms with Crippen LogP contribution in [0.5, 0.6) is 0 Å². The number of rotatable bonds is 4. The molecular formula is C20H16ClN3O2. The first kappa shape index (κ1) is 16.4. The molecule has 130 valence electrons. The van der Waals surface area contributed by atoms with E-state index in [0.29, 0.717) is 10.6 Å². The Morgan fingerprint density at radius 2 is 1.88 bits per heavy atom. The fourth-order valence-electron chi connectivity index (χ4n) is 3.05. The molecule has 3 N–H and O–H groups in total. The first-order valence-electron chi connectivity index (χ1n) is 8.23. The van der Waals surface area contributed by atoms with Crippen molar-refractivity contribution in [3.63, 3.8) is 0 Å². The lowest BCUT2D eigenvalue weighted by Crippen LogP contribution is -2.27. The molecule has 0 spiro atoms. The zero-order valence-corrected chi connectivity index (χ0v) is 14.6. The number of aromatic amines is 2. The number of halogens is 1. The Labute approximate surface area is 154 Å². The second kappa shape index (κ2) is 6.69. The van der Waals surface area contributed by atoms with Crippen LogP contribution in [0.1, 0.15) is 11.1 Å². The summed E-state index contributed by atoms with van der Waals surface area (Å²) in [5.74, 6) is -0.154. The van der Waals surface area contributed by atoms with E-state index in [2.05, 4.69) is 15.3 Å². The van der Waals surface area contributed by atoms with Gasteiger partial charge in [0, 0.05) is 39.7 Å². The summed E-state index contributed by atoms with van der Waals surface area (Å²) < 4.78 is 0. The lowest BCUT2D eigenvalue weighted by atomic mass is 10.1. The monoisotopic (exact) mass is 365 g/mol. The minimum absolute atomic E-state index is 0.154. The summed E-state index contributed by atoms with van der Waals surface area (Å²) in [5.41, 5.74) is 2.92. The Morgan fingerprint density at radius 3 is 2.77 bits per heavy atom. The average molecular weight is 366 g/mol. The van der Waals surface area contributed by atoms with Gasteiger partial charge in [-0.15, -0.1) is 0 Å². The molecule has 0 aliphatic carbocycles. The van der Waals surface area contributed by atoms with Crippen LogP contribution in [0.15, 0.2) is 59.5 Å². The number of pyridine rings is 1. The van der Waals surface area contributed by atoms with Crippen LogP contribution in [0.2, 0.25) is 5.02 Å². The molecule has 0 bridgehead atoms. The quantitative estimate of drug-likeness (QED) is 0.517. The van der Waals surface area contributed by atoms with Crippen LogP contribution < -0.4 is 10.9 Å². The number of benzene rings is 2. The summed E-state index contributed by atoms with van der Waals surface area (Å²) >= 11 is 6.04. The van der Waals surface area contributed by atoms with Gasteiger partial charge in [-0.05, 0) is 41.3 Å². The van der Waals surface area contributed by atoms with E-state index in [1.54, 1.807) is 12.1 Å². The van der Waals surface area contributed by atoms with Crippen molar-refractivity contribution in [2.24, 2.45) is 0 Å². The van der Waals surface area contributed by atoms with Gasteiger partial charge in [-0.1, -0.05) is 29.8 Å². The summed E-state index contributed by atoms with van der Waals surface area (Å²) in [6.07, 6.45) is 2.02. The van der Waals surface area contributed by atoms with Crippen LogP contribution in [0.25, 0.3) is 21.8 Å². The Balaban J connectivity index is 1.49. The Bertz CT molecular complexity index is 1180. The van der Waals surface area contributed by atoms with Crippen LogP contribution in [-0.2, 0) is 17.8 Å². The van der Waals surface area contributed by atoms with Crippen molar-refractivity contribution < 1.29 is 4.79 Å². The molecule has 2 heterocycles. The fraction of sp³-hybridized carbons (Fsp3) is 0.100. The maximum atomic E-state index is 12.3. The number of carbonyl (C=O) groups excluding carboxylic acids is 1. The minimum Gasteiger partial charge on any atom is -0.361 e. The average Bonchev–Trinajstić information content (AvgIpc) is 3.02. The van der Waals surface area contributed by atoms with Gasteiger partial charge in [0.2, 0.25) is 5.91 Å². The predicted molar refractivity (Wildman–Crippen MR) is 103 cm³/mol. The van der Waals surface area contributed by atoms with Gasteiger partial charge in [-0.3, -0.25) is 9.59 Å². The number of hydrogen-bond donors (Lipinski definition) is 3. The van der Waals surface area contributed by atoms with Crippen LogP contribution in [-0.4, -0.2) is 15.9 Å². The third-order valence-corrected chi connectivity index (χ3v) is 4.62. The molecule has 0 fully saturated rings. The third-order valence-electron chi connectivity index (χ3n) is 4.39. The molecule has 0 radical (unpaired) electrons. The second-order valence-corrected chi connectivity index (χ2v) is 6.60. The zero-order valence-electron chi connectivity index (χ0n) is 13.8. The number of hydrogen-bond acceptors (Lipinski definition) is 2. The third kappa shape index (κ3) is 3.21. The molecule has 0 saturated carbocycles. The molecule has 0 aliphatic heterocycles. The Kier molecular flexibility index (Phi) is 4.22. The van der Waals surface area contributed by atoms with Gasteiger partial charge < -0.3 is 15.3 Å². The lowest BCUT2D eigenvalue weighted by molar-refractivity contribution is -0.120. The maximum absolute atomic E-state index is 12.3. The van der Waals surface area contributed by atoms with E-state index in [1.807, 2.05) is 42.6 Å². The Morgan fingerprint density at radius 1 is 1.04 bits per heavy atom. The van der Waals surface area contributed by atoms with Gasteiger partial charge >= 0.3 is 0 Å². The number of amides is 1. The maximum Gasteiger partial charge on any atom is 0.253 e. The van der Waals surface area contributed by atoms with Crippen molar-refractivity contribution in [1.29, 1.82) is 0 Å². The highest BCUT2D eigenvalue weighted by Gasteiger charge is 2.10. The van der Waals surface area contributed by atoms with E-state index in [0.717, 1.165) is 27.4 Å². The largest absolute Gasteiger partial charge is 0.361 e. The van der Waals surface area contributed by atoms with Gasteiger partial charge in [0.1, 0.15) is 0 Å². The van der Waals surface area contributed by atoms with E-state index in [4.69, 9.17) is 11.6 Å². The highest BCUT2D eigenvalue weighted by molar-refractivity contribution is 6.31. The lowest BCUT2D eigenvalue weighted by Gasteiger charge is -2.06. The highest BCUT2D eigenvalue weighted by Crippen LogP contribution is 2.22. The SMILES string of the molecule is O=C(Cc1c[nH]c2ccc(Cl)cc12)NCc1cc2ccccc2[nH]c1=O. The van der Waals surface area contributed by atoms with Gasteiger partial charge in [0.25, 0.3) is 5.56 Å². The van der Waals surface area contributed by atoms with Crippen molar-refractivity contribution in [3.05, 3.63) is 81.2 Å². The molecule has 0 atom stereocenters. The number of para-hydroxylation sites is 1. The van der Waals surface area contributed by atoms with E-state index in [1.165, 1.54) is 0 Å². The van der Waals surface area contributed by atoms with Gasteiger partial charge in [0.15, 0.2) is 0 Å². The number of aromatic nitrogens is 2. The van der Waals surface area contributed by atoms with Crippen molar-refractivity contribution >= 4 is 39.3 Å². The number of carbonyl (C=O) groups is 1. The van der Waals surface area contributed by atoms with Crippen molar-refractivity contribution in [1.82, 2.24) is 15.3 Å². The Hall–Kier alpha value is -3.05. The summed E-state index contributed by atoms with van der Waals surface area (Å²) in [6.45, 7) is 0.183. The number of H-pyrrole nitrogens is 2. The summed E-state index contributed by atoms with van der Waals surface area (Å²) in [4.78, 5) is 30.4. The molecule has 26 heavy (non-hydrogen) atoms. The molecule has 2 aromatic carbocycles.